The Morgan fingerprint density at radius 3 is 2.43 bits per heavy atom. The monoisotopic (exact) mass is 390 g/mol. The third kappa shape index (κ3) is 3.14. The van der Waals surface area contributed by atoms with Crippen molar-refractivity contribution < 1.29 is 0 Å². The Bertz CT molecular complexity index is 1110. The number of aryl methyl sites for hydroxylation is 1. The maximum absolute atomic E-state index is 6.41. The molecule has 0 saturated heterocycles. The average molecular weight is 391 g/mol. The molecule has 4 aromatic rings. The van der Waals surface area contributed by atoms with Crippen LogP contribution in [0.3, 0.4) is 0 Å². The van der Waals surface area contributed by atoms with E-state index in [1.165, 1.54) is 0 Å². The van der Waals surface area contributed by atoms with E-state index >= 15 is 0 Å². The van der Waals surface area contributed by atoms with Crippen molar-refractivity contribution in [2.75, 3.05) is 18.0 Å². The molecule has 5 heteroatoms. The van der Waals surface area contributed by atoms with Crippen molar-refractivity contribution in [1.82, 2.24) is 14.5 Å². The number of hydrogen-bond acceptors (Lipinski definition) is 3. The number of anilines is 1. The molecule has 0 fully saturated rings. The largest absolute Gasteiger partial charge is 0.356 e. The van der Waals surface area contributed by atoms with Crippen LogP contribution in [0.1, 0.15) is 19.4 Å². The standard InChI is InChI=1S/C23H23ClN4/c1-4-27(5-2)22-21-19(17-9-7-6-8-10-17)14-28(23(21)26-15-25-22)18-12-11-16(3)20(24)13-18/h6-15H,4-5H2,1-3H3. The van der Waals surface area contributed by atoms with E-state index in [0.717, 1.165) is 57.3 Å². The molecule has 0 unspecified atom stereocenters. The van der Waals surface area contributed by atoms with Crippen LogP contribution in [0.25, 0.3) is 27.8 Å². The molecule has 0 saturated carbocycles. The molecule has 28 heavy (non-hydrogen) atoms. The van der Waals surface area contributed by atoms with Crippen molar-refractivity contribution in [3.8, 4) is 16.8 Å². The Labute approximate surface area is 170 Å². The molecule has 0 radical (unpaired) electrons. The predicted octanol–water partition coefficient (Wildman–Crippen LogP) is 5.90. The molecule has 4 nitrogen and oxygen atoms in total. The number of halogens is 1. The first-order valence-corrected chi connectivity index (χ1v) is 9.94. The minimum atomic E-state index is 0.749. The van der Waals surface area contributed by atoms with Gasteiger partial charge in [0.15, 0.2) is 5.65 Å². The number of rotatable bonds is 5. The summed E-state index contributed by atoms with van der Waals surface area (Å²) in [6.07, 6.45) is 3.79. The molecule has 4 rings (SSSR count). The molecule has 0 N–H and O–H groups in total. The summed E-state index contributed by atoms with van der Waals surface area (Å²) in [6, 6.07) is 16.5. The predicted molar refractivity (Wildman–Crippen MR) is 118 cm³/mol. The summed E-state index contributed by atoms with van der Waals surface area (Å²) in [5, 5.41) is 1.81. The van der Waals surface area contributed by atoms with Crippen molar-refractivity contribution in [3.63, 3.8) is 0 Å². The second-order valence-corrected chi connectivity index (χ2v) is 7.19. The van der Waals surface area contributed by atoms with E-state index in [9.17, 15) is 0 Å². The molecule has 0 amide bonds. The highest BCUT2D eigenvalue weighted by molar-refractivity contribution is 6.31. The van der Waals surface area contributed by atoms with E-state index in [4.69, 9.17) is 11.6 Å². The number of aromatic nitrogens is 3. The summed E-state index contributed by atoms with van der Waals surface area (Å²) in [4.78, 5) is 11.6. The van der Waals surface area contributed by atoms with Gasteiger partial charge in [0.05, 0.1) is 5.39 Å². The third-order valence-electron chi connectivity index (χ3n) is 5.14. The fourth-order valence-electron chi connectivity index (χ4n) is 3.57. The van der Waals surface area contributed by atoms with Gasteiger partial charge in [-0.15, -0.1) is 0 Å². The molecule has 0 aliphatic heterocycles. The van der Waals surface area contributed by atoms with Crippen LogP contribution in [0.2, 0.25) is 5.02 Å². The smallest absolute Gasteiger partial charge is 0.150 e. The first-order chi connectivity index (χ1) is 13.6. The van der Waals surface area contributed by atoms with Crippen LogP contribution in [0.5, 0.6) is 0 Å². The van der Waals surface area contributed by atoms with E-state index in [1.54, 1.807) is 6.33 Å². The minimum Gasteiger partial charge on any atom is -0.356 e. The molecule has 0 atom stereocenters. The lowest BCUT2D eigenvalue weighted by atomic mass is 10.1. The van der Waals surface area contributed by atoms with Crippen LogP contribution in [-0.4, -0.2) is 27.6 Å². The topological polar surface area (TPSA) is 34.0 Å². The molecular weight excluding hydrogens is 368 g/mol. The van der Waals surface area contributed by atoms with Gasteiger partial charge < -0.3 is 9.47 Å². The van der Waals surface area contributed by atoms with E-state index in [0.29, 0.717) is 0 Å². The zero-order valence-electron chi connectivity index (χ0n) is 16.4. The summed E-state index contributed by atoms with van der Waals surface area (Å²) < 4.78 is 2.11. The van der Waals surface area contributed by atoms with Gasteiger partial charge in [0, 0.05) is 35.6 Å². The summed E-state index contributed by atoms with van der Waals surface area (Å²) in [7, 11) is 0. The summed E-state index contributed by atoms with van der Waals surface area (Å²) >= 11 is 6.41. The first-order valence-electron chi connectivity index (χ1n) is 9.57. The molecule has 0 aliphatic carbocycles. The lowest BCUT2D eigenvalue weighted by Crippen LogP contribution is -2.23. The lowest BCUT2D eigenvalue weighted by molar-refractivity contribution is 0.848. The van der Waals surface area contributed by atoms with Crippen LogP contribution in [0, 0.1) is 6.92 Å². The Kier molecular flexibility index (Phi) is 5.05. The molecule has 2 heterocycles. The highest BCUT2D eigenvalue weighted by Gasteiger charge is 2.19. The first kappa shape index (κ1) is 18.5. The zero-order valence-corrected chi connectivity index (χ0v) is 17.1. The lowest BCUT2D eigenvalue weighted by Gasteiger charge is -2.21. The van der Waals surface area contributed by atoms with Gasteiger partial charge in [0.2, 0.25) is 0 Å². The molecule has 2 aromatic heterocycles. The summed E-state index contributed by atoms with van der Waals surface area (Å²) in [6.45, 7) is 8.08. The van der Waals surface area contributed by atoms with Crippen LogP contribution in [0.4, 0.5) is 5.82 Å². The SMILES string of the molecule is CCN(CC)c1ncnc2c1c(-c1ccccc1)cn2-c1ccc(C)c(Cl)c1. The molecular formula is C23H23ClN4. The molecule has 0 bridgehead atoms. The summed E-state index contributed by atoms with van der Waals surface area (Å²) in [5.41, 5.74) is 5.20. The maximum Gasteiger partial charge on any atom is 0.150 e. The molecule has 142 valence electrons. The van der Waals surface area contributed by atoms with Gasteiger partial charge in [0.25, 0.3) is 0 Å². The van der Waals surface area contributed by atoms with E-state index < -0.39 is 0 Å². The van der Waals surface area contributed by atoms with E-state index in [-0.39, 0.29) is 0 Å². The van der Waals surface area contributed by atoms with Crippen LogP contribution >= 0.6 is 11.6 Å². The Balaban J connectivity index is 2.05. The van der Waals surface area contributed by atoms with Crippen LogP contribution < -0.4 is 4.90 Å². The second kappa shape index (κ2) is 7.64. The number of nitrogens with zero attached hydrogens (tertiary/aromatic N) is 4. The van der Waals surface area contributed by atoms with E-state index in [1.807, 2.05) is 25.1 Å². The van der Waals surface area contributed by atoms with Crippen molar-refractivity contribution in [1.29, 1.82) is 0 Å². The number of hydrogen-bond donors (Lipinski definition) is 0. The highest BCUT2D eigenvalue weighted by Crippen LogP contribution is 2.37. The van der Waals surface area contributed by atoms with Gasteiger partial charge in [-0.2, -0.15) is 0 Å². The van der Waals surface area contributed by atoms with E-state index in [2.05, 4.69) is 69.8 Å². The van der Waals surface area contributed by atoms with Gasteiger partial charge in [-0.3, -0.25) is 0 Å². The third-order valence-corrected chi connectivity index (χ3v) is 5.55. The second-order valence-electron chi connectivity index (χ2n) is 6.78. The van der Waals surface area contributed by atoms with Crippen molar-refractivity contribution >= 4 is 28.5 Å². The highest BCUT2D eigenvalue weighted by atomic mass is 35.5. The quantitative estimate of drug-likeness (QED) is 0.425. The number of benzene rings is 2. The Morgan fingerprint density at radius 1 is 1.00 bits per heavy atom. The summed E-state index contributed by atoms with van der Waals surface area (Å²) in [5.74, 6) is 0.964. The van der Waals surface area contributed by atoms with Crippen molar-refractivity contribution in [2.24, 2.45) is 0 Å². The van der Waals surface area contributed by atoms with Gasteiger partial charge >= 0.3 is 0 Å². The molecule has 0 spiro atoms. The zero-order chi connectivity index (χ0) is 19.7. The molecule has 2 aromatic carbocycles. The fraction of sp³-hybridized carbons (Fsp3) is 0.217. The van der Waals surface area contributed by atoms with Crippen LogP contribution in [-0.2, 0) is 0 Å². The normalized spacial score (nSPS) is 11.1. The molecule has 0 aliphatic rings. The Hall–Kier alpha value is -2.85. The Morgan fingerprint density at radius 2 is 1.75 bits per heavy atom. The maximum atomic E-state index is 6.41. The minimum absolute atomic E-state index is 0.749. The van der Waals surface area contributed by atoms with Crippen LogP contribution in [0.15, 0.2) is 61.1 Å². The number of fused-ring (bicyclic) bond motifs is 1. The van der Waals surface area contributed by atoms with Gasteiger partial charge in [0.1, 0.15) is 12.1 Å². The van der Waals surface area contributed by atoms with Gasteiger partial charge in [-0.25, -0.2) is 9.97 Å². The van der Waals surface area contributed by atoms with Crippen molar-refractivity contribution in [2.45, 2.75) is 20.8 Å². The van der Waals surface area contributed by atoms with Crippen molar-refractivity contribution in [3.05, 3.63) is 71.6 Å². The fourth-order valence-corrected chi connectivity index (χ4v) is 3.75. The van der Waals surface area contributed by atoms with Gasteiger partial charge in [-0.1, -0.05) is 48.0 Å². The average Bonchev–Trinajstić information content (AvgIpc) is 3.12. The van der Waals surface area contributed by atoms with Gasteiger partial charge in [-0.05, 0) is 44.0 Å².